The molecule has 2 N–H and O–H groups in total. The number of fused-ring (bicyclic) bond motifs is 2. The van der Waals surface area contributed by atoms with E-state index in [0.29, 0.717) is 5.92 Å². The van der Waals surface area contributed by atoms with Crippen LogP contribution in [-0.4, -0.2) is 12.1 Å². The molecule has 3 nitrogen and oxygen atoms in total. The molecule has 18 heavy (non-hydrogen) atoms. The van der Waals surface area contributed by atoms with Crippen molar-refractivity contribution in [2.45, 2.75) is 31.8 Å². The fourth-order valence-electron chi connectivity index (χ4n) is 3.19. The summed E-state index contributed by atoms with van der Waals surface area (Å²) in [7, 11) is 0. The molecule has 0 aromatic heterocycles. The van der Waals surface area contributed by atoms with Gasteiger partial charge in [-0.2, -0.15) is 0 Å². The van der Waals surface area contributed by atoms with Gasteiger partial charge < -0.3 is 10.5 Å². The minimum atomic E-state index is -0.572. The number of carbonyl (C=O) groups is 1. The standard InChI is InChI=1S/C14H16FNO2/c15-11-7-10(3-4-12(11)16)14(17)18-13-6-8-1-2-9(13)5-8/h3-4,7-9,13H,1-2,5-6,16H2. The molecule has 1 aromatic rings. The van der Waals surface area contributed by atoms with Crippen molar-refractivity contribution in [3.8, 4) is 0 Å². The number of anilines is 1. The molecule has 2 bridgehead atoms. The zero-order valence-corrected chi connectivity index (χ0v) is 10.1. The van der Waals surface area contributed by atoms with Crippen LogP contribution < -0.4 is 5.73 Å². The van der Waals surface area contributed by atoms with Crippen LogP contribution in [0, 0.1) is 17.7 Å². The SMILES string of the molecule is Nc1ccc(C(=O)OC2CC3CCC2C3)cc1F. The predicted molar refractivity (Wildman–Crippen MR) is 65.5 cm³/mol. The third-order valence-corrected chi connectivity index (χ3v) is 4.17. The van der Waals surface area contributed by atoms with Crippen molar-refractivity contribution in [3.05, 3.63) is 29.6 Å². The topological polar surface area (TPSA) is 52.3 Å². The van der Waals surface area contributed by atoms with E-state index >= 15 is 0 Å². The maximum absolute atomic E-state index is 13.3. The van der Waals surface area contributed by atoms with Gasteiger partial charge in [-0.25, -0.2) is 9.18 Å². The Morgan fingerprint density at radius 2 is 2.17 bits per heavy atom. The highest BCUT2D eigenvalue weighted by atomic mass is 19.1. The van der Waals surface area contributed by atoms with Crippen molar-refractivity contribution >= 4 is 11.7 Å². The van der Waals surface area contributed by atoms with E-state index in [9.17, 15) is 9.18 Å². The molecule has 3 unspecified atom stereocenters. The molecule has 0 heterocycles. The Bertz CT molecular complexity index is 489. The maximum Gasteiger partial charge on any atom is 0.338 e. The minimum absolute atomic E-state index is 0.0249. The Morgan fingerprint density at radius 1 is 1.33 bits per heavy atom. The molecule has 0 saturated heterocycles. The van der Waals surface area contributed by atoms with Crippen molar-refractivity contribution in [2.24, 2.45) is 11.8 Å². The van der Waals surface area contributed by atoms with E-state index in [2.05, 4.69) is 0 Å². The van der Waals surface area contributed by atoms with Gasteiger partial charge >= 0.3 is 5.97 Å². The monoisotopic (exact) mass is 249 g/mol. The molecule has 0 amide bonds. The summed E-state index contributed by atoms with van der Waals surface area (Å²) in [6.07, 6.45) is 4.58. The summed E-state index contributed by atoms with van der Waals surface area (Å²) >= 11 is 0. The van der Waals surface area contributed by atoms with Gasteiger partial charge in [-0.05, 0) is 55.7 Å². The number of hydrogen-bond acceptors (Lipinski definition) is 3. The average molecular weight is 249 g/mol. The van der Waals surface area contributed by atoms with Gasteiger partial charge in [-0.1, -0.05) is 0 Å². The molecule has 3 atom stereocenters. The molecule has 2 aliphatic rings. The van der Waals surface area contributed by atoms with Crippen molar-refractivity contribution in [2.75, 3.05) is 5.73 Å². The first-order valence-electron chi connectivity index (χ1n) is 6.39. The van der Waals surface area contributed by atoms with E-state index in [1.807, 2.05) is 0 Å². The third kappa shape index (κ3) is 1.96. The number of esters is 1. The summed E-state index contributed by atoms with van der Waals surface area (Å²) in [5, 5.41) is 0. The van der Waals surface area contributed by atoms with Gasteiger partial charge in [0.1, 0.15) is 11.9 Å². The van der Waals surface area contributed by atoms with Gasteiger partial charge in [0.2, 0.25) is 0 Å². The molecule has 96 valence electrons. The zero-order chi connectivity index (χ0) is 12.7. The molecule has 0 radical (unpaired) electrons. The highest BCUT2D eigenvalue weighted by molar-refractivity contribution is 5.90. The first-order valence-corrected chi connectivity index (χ1v) is 6.39. The quantitative estimate of drug-likeness (QED) is 0.647. The van der Waals surface area contributed by atoms with Crippen molar-refractivity contribution < 1.29 is 13.9 Å². The lowest BCUT2D eigenvalue weighted by Crippen LogP contribution is -2.24. The molecule has 2 aliphatic carbocycles. The van der Waals surface area contributed by atoms with Gasteiger partial charge in [-0.3, -0.25) is 0 Å². The Balaban J connectivity index is 1.69. The van der Waals surface area contributed by atoms with E-state index < -0.39 is 11.8 Å². The molecule has 0 aliphatic heterocycles. The van der Waals surface area contributed by atoms with Crippen LogP contribution in [0.4, 0.5) is 10.1 Å². The van der Waals surface area contributed by atoms with Crippen LogP contribution >= 0.6 is 0 Å². The molecule has 3 rings (SSSR count). The molecule has 2 saturated carbocycles. The molecule has 4 heteroatoms. The molecular weight excluding hydrogens is 233 g/mol. The fourth-order valence-corrected chi connectivity index (χ4v) is 3.19. The van der Waals surface area contributed by atoms with Crippen molar-refractivity contribution in [3.63, 3.8) is 0 Å². The lowest BCUT2D eigenvalue weighted by molar-refractivity contribution is 0.0158. The lowest BCUT2D eigenvalue weighted by atomic mass is 9.98. The first kappa shape index (κ1) is 11.5. The van der Waals surface area contributed by atoms with Crippen LogP contribution in [-0.2, 0) is 4.74 Å². The molecular formula is C14H16FNO2. The fraction of sp³-hybridized carbons (Fsp3) is 0.500. The Hall–Kier alpha value is -1.58. The van der Waals surface area contributed by atoms with Crippen molar-refractivity contribution in [1.29, 1.82) is 0 Å². The Labute approximate surface area is 105 Å². The van der Waals surface area contributed by atoms with E-state index in [1.54, 1.807) is 0 Å². The molecule has 0 spiro atoms. The highest BCUT2D eigenvalue weighted by Crippen LogP contribution is 2.46. The summed E-state index contributed by atoms with van der Waals surface area (Å²) < 4.78 is 18.7. The van der Waals surface area contributed by atoms with Gasteiger partial charge in [-0.15, -0.1) is 0 Å². The van der Waals surface area contributed by atoms with Gasteiger partial charge in [0, 0.05) is 0 Å². The van der Waals surface area contributed by atoms with E-state index in [4.69, 9.17) is 10.5 Å². The zero-order valence-electron chi connectivity index (χ0n) is 10.1. The third-order valence-electron chi connectivity index (χ3n) is 4.17. The van der Waals surface area contributed by atoms with E-state index in [1.165, 1.54) is 25.0 Å². The Morgan fingerprint density at radius 3 is 2.78 bits per heavy atom. The van der Waals surface area contributed by atoms with Crippen molar-refractivity contribution in [1.82, 2.24) is 0 Å². The summed E-state index contributed by atoms with van der Waals surface area (Å²) in [4.78, 5) is 11.9. The normalized spacial score (nSPS) is 29.5. The number of ether oxygens (including phenoxy) is 1. The second-order valence-electron chi connectivity index (χ2n) is 5.35. The van der Waals surface area contributed by atoms with Gasteiger partial charge in [0.05, 0.1) is 11.3 Å². The van der Waals surface area contributed by atoms with Crippen LogP contribution in [0.5, 0.6) is 0 Å². The van der Waals surface area contributed by atoms with Crippen LogP contribution in [0.2, 0.25) is 0 Å². The van der Waals surface area contributed by atoms with Crippen LogP contribution in [0.25, 0.3) is 0 Å². The second kappa shape index (κ2) is 4.26. The largest absolute Gasteiger partial charge is 0.458 e. The summed E-state index contributed by atoms with van der Waals surface area (Å²) in [6, 6.07) is 4.05. The summed E-state index contributed by atoms with van der Waals surface area (Å²) in [5.74, 6) is 0.220. The predicted octanol–water partition coefficient (Wildman–Crippen LogP) is 2.75. The van der Waals surface area contributed by atoms with Crippen LogP contribution in [0.15, 0.2) is 18.2 Å². The summed E-state index contributed by atoms with van der Waals surface area (Å²) in [6.45, 7) is 0. The number of nitrogens with two attached hydrogens (primary N) is 1. The van der Waals surface area contributed by atoms with Crippen LogP contribution in [0.3, 0.4) is 0 Å². The second-order valence-corrected chi connectivity index (χ2v) is 5.35. The van der Waals surface area contributed by atoms with E-state index in [0.717, 1.165) is 24.8 Å². The van der Waals surface area contributed by atoms with Gasteiger partial charge in [0.15, 0.2) is 0 Å². The number of hydrogen-bond donors (Lipinski definition) is 1. The summed E-state index contributed by atoms with van der Waals surface area (Å²) in [5.41, 5.74) is 5.66. The number of benzene rings is 1. The number of halogens is 1. The molecule has 2 fully saturated rings. The van der Waals surface area contributed by atoms with E-state index in [-0.39, 0.29) is 17.4 Å². The van der Waals surface area contributed by atoms with Gasteiger partial charge in [0.25, 0.3) is 0 Å². The average Bonchev–Trinajstić information content (AvgIpc) is 2.94. The first-order chi connectivity index (χ1) is 8.63. The van der Waals surface area contributed by atoms with Crippen LogP contribution in [0.1, 0.15) is 36.0 Å². The number of rotatable bonds is 2. The smallest absolute Gasteiger partial charge is 0.338 e. The Kier molecular flexibility index (Phi) is 2.73. The molecule has 1 aromatic carbocycles. The highest BCUT2D eigenvalue weighted by Gasteiger charge is 2.41. The minimum Gasteiger partial charge on any atom is -0.458 e. The number of carbonyl (C=O) groups excluding carboxylic acids is 1. The lowest BCUT2D eigenvalue weighted by Gasteiger charge is -2.21. The number of nitrogen functional groups attached to an aromatic ring is 1. The maximum atomic E-state index is 13.3.